The fraction of sp³-hybridized carbons (Fsp3) is 0.158. The number of ether oxygens (including phenoxy) is 1. The Morgan fingerprint density at radius 1 is 1.12 bits per heavy atom. The predicted molar refractivity (Wildman–Crippen MR) is 96.2 cm³/mol. The molecule has 2 rings (SSSR count). The van der Waals surface area contributed by atoms with E-state index in [0.717, 1.165) is 17.0 Å². The van der Waals surface area contributed by atoms with Crippen LogP contribution in [0.5, 0.6) is 5.75 Å². The second-order valence-corrected chi connectivity index (χ2v) is 5.03. The summed E-state index contributed by atoms with van der Waals surface area (Å²) in [5, 5.41) is 6.62. The number of nitrogens with one attached hydrogen (secondary N) is 1. The molecule has 0 spiro atoms. The van der Waals surface area contributed by atoms with Gasteiger partial charge >= 0.3 is 0 Å². The van der Waals surface area contributed by atoms with Crippen LogP contribution < -0.4 is 10.1 Å². The van der Waals surface area contributed by atoms with Crippen molar-refractivity contribution in [2.75, 3.05) is 19.0 Å². The van der Waals surface area contributed by atoms with Gasteiger partial charge in [-0.1, -0.05) is 41.6 Å². The maximum Gasteiger partial charge on any atom is 0.265 e. The number of carbonyl (C=O) groups is 1. The molecular formula is C19H20N2O3. The van der Waals surface area contributed by atoms with Gasteiger partial charge in [0.05, 0.1) is 12.8 Å². The van der Waals surface area contributed by atoms with E-state index in [1.807, 2.05) is 66.7 Å². The molecule has 1 amide bonds. The van der Waals surface area contributed by atoms with Crippen LogP contribution in [-0.2, 0) is 9.63 Å². The largest absolute Gasteiger partial charge is 0.497 e. The number of amides is 1. The van der Waals surface area contributed by atoms with Gasteiger partial charge in [-0.15, -0.1) is 0 Å². The van der Waals surface area contributed by atoms with E-state index in [4.69, 9.17) is 9.57 Å². The second-order valence-electron chi connectivity index (χ2n) is 5.03. The van der Waals surface area contributed by atoms with Crippen molar-refractivity contribution in [2.24, 2.45) is 5.16 Å². The van der Waals surface area contributed by atoms with Crippen LogP contribution in [0.4, 0.5) is 5.69 Å². The molecule has 0 aromatic heterocycles. The quantitative estimate of drug-likeness (QED) is 0.623. The van der Waals surface area contributed by atoms with Gasteiger partial charge < -0.3 is 14.9 Å². The molecular weight excluding hydrogens is 304 g/mol. The molecule has 2 aromatic rings. The highest BCUT2D eigenvalue weighted by atomic mass is 16.6. The Morgan fingerprint density at radius 3 is 2.50 bits per heavy atom. The van der Waals surface area contributed by atoms with Crippen LogP contribution in [0.2, 0.25) is 0 Å². The van der Waals surface area contributed by atoms with Gasteiger partial charge in [-0.2, -0.15) is 0 Å². The second kappa shape index (κ2) is 9.15. The zero-order valence-electron chi connectivity index (χ0n) is 13.7. The zero-order valence-corrected chi connectivity index (χ0v) is 13.7. The van der Waals surface area contributed by atoms with Crippen LogP contribution in [0, 0.1) is 0 Å². The lowest BCUT2D eigenvalue weighted by Gasteiger charge is -2.03. The van der Waals surface area contributed by atoms with Crippen LogP contribution in [0.15, 0.2) is 65.8 Å². The molecule has 0 fully saturated rings. The summed E-state index contributed by atoms with van der Waals surface area (Å²) in [6, 6.07) is 16.9. The molecule has 24 heavy (non-hydrogen) atoms. The van der Waals surface area contributed by atoms with Gasteiger partial charge in [-0.3, -0.25) is 4.79 Å². The van der Waals surface area contributed by atoms with Crippen molar-refractivity contribution < 1.29 is 14.4 Å². The van der Waals surface area contributed by atoms with Gasteiger partial charge in [0.1, 0.15) is 5.75 Å². The Morgan fingerprint density at radius 2 is 1.83 bits per heavy atom. The van der Waals surface area contributed by atoms with E-state index in [1.54, 1.807) is 14.0 Å². The van der Waals surface area contributed by atoms with Crippen molar-refractivity contribution in [3.63, 3.8) is 0 Å². The van der Waals surface area contributed by atoms with E-state index in [9.17, 15) is 4.79 Å². The lowest BCUT2D eigenvalue weighted by molar-refractivity contribution is -0.120. The molecule has 0 aliphatic carbocycles. The first kappa shape index (κ1) is 17.3. The molecule has 0 heterocycles. The first-order chi connectivity index (χ1) is 11.7. The van der Waals surface area contributed by atoms with E-state index < -0.39 is 0 Å². The minimum Gasteiger partial charge on any atom is -0.497 e. The van der Waals surface area contributed by atoms with Crippen LogP contribution >= 0.6 is 0 Å². The van der Waals surface area contributed by atoms with Crippen LogP contribution in [-0.4, -0.2) is 25.3 Å². The first-order valence-corrected chi connectivity index (χ1v) is 7.51. The average molecular weight is 324 g/mol. The standard InChI is InChI=1S/C19H20N2O3/c1-15(8-9-16-10-12-18(23-2)13-11-16)21-24-14-19(22)20-17-6-4-3-5-7-17/h3-13H,14H2,1-2H3,(H,20,22)/b9-8+,21-15+. The molecule has 1 N–H and O–H groups in total. The SMILES string of the molecule is COc1ccc(/C=C/C(C)=N/OCC(=O)Nc2ccccc2)cc1. The van der Waals surface area contributed by atoms with Crippen molar-refractivity contribution in [3.05, 3.63) is 66.2 Å². The molecule has 0 unspecified atom stereocenters. The predicted octanol–water partition coefficient (Wildman–Crippen LogP) is 3.74. The Bertz CT molecular complexity index is 707. The number of carbonyl (C=O) groups excluding carboxylic acids is 1. The van der Waals surface area contributed by atoms with E-state index in [-0.39, 0.29) is 12.5 Å². The molecule has 2 aromatic carbocycles. The maximum atomic E-state index is 11.7. The van der Waals surface area contributed by atoms with Gasteiger partial charge in [0.2, 0.25) is 0 Å². The summed E-state index contributed by atoms with van der Waals surface area (Å²) in [4.78, 5) is 16.8. The fourth-order valence-electron chi connectivity index (χ4n) is 1.87. The highest BCUT2D eigenvalue weighted by Gasteiger charge is 2.01. The summed E-state index contributed by atoms with van der Waals surface area (Å²) in [6.45, 7) is 1.66. The third kappa shape index (κ3) is 5.96. The first-order valence-electron chi connectivity index (χ1n) is 7.51. The van der Waals surface area contributed by atoms with Crippen molar-refractivity contribution in [3.8, 4) is 5.75 Å². The van der Waals surface area contributed by atoms with E-state index in [1.165, 1.54) is 0 Å². The number of rotatable bonds is 7. The van der Waals surface area contributed by atoms with Crippen molar-refractivity contribution in [2.45, 2.75) is 6.92 Å². The lowest BCUT2D eigenvalue weighted by atomic mass is 10.2. The Hall–Kier alpha value is -3.08. The molecule has 5 nitrogen and oxygen atoms in total. The number of anilines is 1. The van der Waals surface area contributed by atoms with Crippen LogP contribution in [0.25, 0.3) is 6.08 Å². The van der Waals surface area contributed by atoms with Gasteiger partial charge in [0.25, 0.3) is 5.91 Å². The van der Waals surface area contributed by atoms with Crippen molar-refractivity contribution >= 4 is 23.4 Å². The molecule has 0 atom stereocenters. The molecule has 0 aliphatic rings. The van der Waals surface area contributed by atoms with Gasteiger partial charge in [-0.25, -0.2) is 0 Å². The number of hydrogen-bond acceptors (Lipinski definition) is 4. The molecule has 124 valence electrons. The third-order valence-corrected chi connectivity index (χ3v) is 3.09. The number of nitrogens with zero attached hydrogens (tertiary/aromatic N) is 1. The Balaban J connectivity index is 1.78. The van der Waals surface area contributed by atoms with E-state index in [2.05, 4.69) is 10.5 Å². The maximum absolute atomic E-state index is 11.7. The smallest absolute Gasteiger partial charge is 0.265 e. The molecule has 0 saturated carbocycles. The molecule has 0 aliphatic heterocycles. The molecule has 0 radical (unpaired) electrons. The summed E-state index contributed by atoms with van der Waals surface area (Å²) in [5.41, 5.74) is 2.41. The minimum atomic E-state index is -0.253. The van der Waals surface area contributed by atoms with Crippen LogP contribution in [0.1, 0.15) is 12.5 Å². The topological polar surface area (TPSA) is 59.9 Å². The number of para-hydroxylation sites is 1. The number of allylic oxidation sites excluding steroid dienone is 1. The third-order valence-electron chi connectivity index (χ3n) is 3.09. The fourth-order valence-corrected chi connectivity index (χ4v) is 1.87. The van der Waals surface area contributed by atoms with Gasteiger partial charge in [-0.05, 0) is 42.8 Å². The lowest BCUT2D eigenvalue weighted by Crippen LogP contribution is -2.17. The summed E-state index contributed by atoms with van der Waals surface area (Å²) in [5.74, 6) is 0.558. The Labute approximate surface area is 141 Å². The summed E-state index contributed by atoms with van der Waals surface area (Å²) in [6.07, 6.45) is 3.72. The van der Waals surface area contributed by atoms with E-state index >= 15 is 0 Å². The highest BCUT2D eigenvalue weighted by molar-refractivity contribution is 5.96. The van der Waals surface area contributed by atoms with E-state index in [0.29, 0.717) is 5.71 Å². The number of hydrogen-bond donors (Lipinski definition) is 1. The van der Waals surface area contributed by atoms with Crippen LogP contribution in [0.3, 0.4) is 0 Å². The summed E-state index contributed by atoms with van der Waals surface area (Å²) < 4.78 is 5.11. The number of oxime groups is 1. The number of methoxy groups -OCH3 is 1. The normalized spacial score (nSPS) is 11.3. The molecule has 0 saturated heterocycles. The molecule has 0 bridgehead atoms. The highest BCUT2D eigenvalue weighted by Crippen LogP contribution is 2.12. The Kier molecular flexibility index (Phi) is 6.58. The average Bonchev–Trinajstić information content (AvgIpc) is 2.61. The minimum absolute atomic E-state index is 0.136. The monoisotopic (exact) mass is 324 g/mol. The number of benzene rings is 2. The summed E-state index contributed by atoms with van der Waals surface area (Å²) >= 11 is 0. The molecule has 5 heteroatoms. The van der Waals surface area contributed by atoms with Gasteiger partial charge in [0.15, 0.2) is 6.61 Å². The van der Waals surface area contributed by atoms with Crippen molar-refractivity contribution in [1.29, 1.82) is 0 Å². The summed E-state index contributed by atoms with van der Waals surface area (Å²) in [7, 11) is 1.63. The van der Waals surface area contributed by atoms with Crippen molar-refractivity contribution in [1.82, 2.24) is 0 Å². The zero-order chi connectivity index (χ0) is 17.2. The van der Waals surface area contributed by atoms with Gasteiger partial charge in [0, 0.05) is 5.69 Å².